The lowest BCUT2D eigenvalue weighted by molar-refractivity contribution is -0.173. The maximum atomic E-state index is 13.0. The second-order valence-corrected chi connectivity index (χ2v) is 12.7. The van der Waals surface area contributed by atoms with Crippen molar-refractivity contribution >= 4 is 16.7 Å². The zero-order chi connectivity index (χ0) is 26.5. The average Bonchev–Trinajstić information content (AvgIpc) is 3.57. The van der Waals surface area contributed by atoms with E-state index in [0.717, 1.165) is 84.4 Å². The molecule has 39 heavy (non-hydrogen) atoms. The van der Waals surface area contributed by atoms with Crippen LogP contribution < -0.4 is 10.5 Å². The van der Waals surface area contributed by atoms with Gasteiger partial charge in [0.1, 0.15) is 0 Å². The Morgan fingerprint density at radius 1 is 1.26 bits per heavy atom. The number of ether oxygens (including phenoxy) is 1. The Hall–Kier alpha value is -3.03. The normalized spacial score (nSPS) is 30.8. The summed E-state index contributed by atoms with van der Waals surface area (Å²) in [5.41, 5.74) is 11.3. The highest BCUT2D eigenvalue weighted by Gasteiger charge is 2.72. The summed E-state index contributed by atoms with van der Waals surface area (Å²) in [6.07, 6.45) is 7.44. The first kappa shape index (κ1) is 23.8. The number of fused-ring (bicyclic) bond motifs is 4. The van der Waals surface area contributed by atoms with Crippen molar-refractivity contribution in [3.63, 3.8) is 0 Å². The molecular formula is C32H38N4O3. The Morgan fingerprint density at radius 2 is 2.13 bits per heavy atom. The standard InChI is InChI=1S/C32H38N4O3/c1-2-3-4-26(33)34-16-19-7-9-23-21(13-19)22-15-32(38)25-14-20-8-10-24(37)29-27(20)31(32,30(39-29)28(22)35-23)11-12-36(25)17-18-5-6-18/h7-10,13,18,25,30,35,37-38H,2-6,11-12,14-17H2,1H3,(H2,33,34)/t25-,30-,31-,32+/m0/s1. The lowest BCUT2D eigenvalue weighted by Gasteiger charge is -2.62. The molecule has 0 amide bonds. The van der Waals surface area contributed by atoms with E-state index in [1.165, 1.54) is 18.4 Å². The average molecular weight is 527 g/mol. The van der Waals surface area contributed by atoms with Crippen LogP contribution in [-0.2, 0) is 24.8 Å². The number of nitrogens with zero attached hydrogens (tertiary/aromatic N) is 2. The molecule has 7 heteroatoms. The van der Waals surface area contributed by atoms with Crippen LogP contribution in [0.5, 0.6) is 11.5 Å². The Labute approximate surface area is 229 Å². The summed E-state index contributed by atoms with van der Waals surface area (Å²) < 4.78 is 6.71. The van der Waals surface area contributed by atoms with Gasteiger partial charge in [0.25, 0.3) is 0 Å². The number of aromatic hydroxyl groups is 1. The van der Waals surface area contributed by atoms with E-state index in [1.54, 1.807) is 6.07 Å². The first-order chi connectivity index (χ1) is 18.9. The molecule has 1 spiro atoms. The van der Waals surface area contributed by atoms with E-state index in [1.807, 2.05) is 0 Å². The van der Waals surface area contributed by atoms with Crippen LogP contribution in [0.1, 0.15) is 79.5 Å². The summed E-state index contributed by atoms with van der Waals surface area (Å²) in [5, 5.41) is 25.0. The van der Waals surface area contributed by atoms with Gasteiger partial charge in [-0.25, -0.2) is 0 Å². The molecule has 5 N–H and O–H groups in total. The summed E-state index contributed by atoms with van der Waals surface area (Å²) in [5.74, 6) is 2.23. The third kappa shape index (κ3) is 3.20. The molecule has 2 fully saturated rings. The van der Waals surface area contributed by atoms with Crippen LogP contribution in [0.4, 0.5) is 0 Å². The highest BCUT2D eigenvalue weighted by atomic mass is 16.5. The van der Waals surface area contributed by atoms with Gasteiger partial charge in [-0.05, 0) is 79.5 Å². The molecule has 1 aromatic heterocycles. The van der Waals surface area contributed by atoms with Gasteiger partial charge in [-0.2, -0.15) is 0 Å². The van der Waals surface area contributed by atoms with E-state index < -0.39 is 11.0 Å². The monoisotopic (exact) mass is 526 g/mol. The number of hydrogen-bond donors (Lipinski definition) is 4. The minimum Gasteiger partial charge on any atom is -0.504 e. The predicted molar refractivity (Wildman–Crippen MR) is 151 cm³/mol. The summed E-state index contributed by atoms with van der Waals surface area (Å²) in [6.45, 7) is 4.74. The Morgan fingerprint density at radius 3 is 2.95 bits per heavy atom. The summed E-state index contributed by atoms with van der Waals surface area (Å²) in [7, 11) is 0. The molecular weight excluding hydrogens is 488 g/mol. The maximum Gasteiger partial charge on any atom is 0.166 e. The molecule has 4 atom stereocenters. The molecule has 2 aromatic carbocycles. The number of aromatic amines is 1. The minimum absolute atomic E-state index is 0.0326. The molecule has 2 aliphatic heterocycles. The fourth-order valence-corrected chi connectivity index (χ4v) is 8.40. The molecule has 204 valence electrons. The quantitative estimate of drug-likeness (QED) is 0.266. The lowest BCUT2D eigenvalue weighted by Crippen LogP contribution is -2.74. The van der Waals surface area contributed by atoms with Gasteiger partial charge in [-0.1, -0.05) is 25.5 Å². The van der Waals surface area contributed by atoms with Gasteiger partial charge >= 0.3 is 0 Å². The van der Waals surface area contributed by atoms with Crippen molar-refractivity contribution in [1.29, 1.82) is 0 Å². The number of aliphatic hydroxyl groups is 1. The van der Waals surface area contributed by atoms with Gasteiger partial charge in [0.05, 0.1) is 29.1 Å². The number of piperidine rings is 1. The molecule has 5 aliphatic rings. The summed E-state index contributed by atoms with van der Waals surface area (Å²) >= 11 is 0. The molecule has 2 bridgehead atoms. The lowest BCUT2D eigenvalue weighted by atomic mass is 9.49. The molecule has 3 heterocycles. The fourth-order valence-electron chi connectivity index (χ4n) is 8.40. The third-order valence-corrected chi connectivity index (χ3v) is 10.5. The van der Waals surface area contributed by atoms with Crippen LogP contribution in [0, 0.1) is 5.92 Å². The van der Waals surface area contributed by atoms with Crippen LogP contribution in [0.25, 0.3) is 10.9 Å². The van der Waals surface area contributed by atoms with Crippen LogP contribution in [-0.4, -0.2) is 50.7 Å². The molecule has 8 rings (SSSR count). The highest BCUT2D eigenvalue weighted by molar-refractivity contribution is 5.87. The molecule has 1 saturated carbocycles. The number of aliphatic imine (C=N–C) groups is 1. The number of H-pyrrole nitrogens is 1. The van der Waals surface area contributed by atoms with Crippen molar-refractivity contribution in [2.45, 2.75) is 88.0 Å². The number of amidine groups is 1. The summed E-state index contributed by atoms with van der Waals surface area (Å²) in [4.78, 5) is 10.9. The topological polar surface area (TPSA) is 107 Å². The van der Waals surface area contributed by atoms with Crippen molar-refractivity contribution < 1.29 is 14.9 Å². The Balaban J connectivity index is 1.26. The zero-order valence-electron chi connectivity index (χ0n) is 22.7. The second-order valence-electron chi connectivity index (χ2n) is 12.7. The van der Waals surface area contributed by atoms with Gasteiger partial charge < -0.3 is 25.7 Å². The van der Waals surface area contributed by atoms with E-state index in [9.17, 15) is 10.2 Å². The predicted octanol–water partition coefficient (Wildman–Crippen LogP) is 4.62. The zero-order valence-corrected chi connectivity index (χ0v) is 22.7. The van der Waals surface area contributed by atoms with Gasteiger partial charge in [0.15, 0.2) is 17.6 Å². The number of likely N-dealkylation sites (tertiary alicyclic amines) is 1. The molecule has 0 radical (unpaired) electrons. The fraction of sp³-hybridized carbons (Fsp3) is 0.531. The van der Waals surface area contributed by atoms with E-state index in [0.29, 0.717) is 24.6 Å². The smallest absolute Gasteiger partial charge is 0.166 e. The SMILES string of the molecule is CCCCC(N)=NCc1ccc2[nH]c3c(c2c1)C[C@@]1(O)[C@@H]2Cc4ccc(O)c5c4[C@@]1(CCN2CC1CC1)[C@H]3O5. The number of rotatable bonds is 7. The number of phenols is 1. The van der Waals surface area contributed by atoms with Crippen molar-refractivity contribution in [1.82, 2.24) is 9.88 Å². The van der Waals surface area contributed by atoms with E-state index >= 15 is 0 Å². The Kier molecular flexibility index (Phi) is 5.03. The number of nitrogens with two attached hydrogens (primary N) is 1. The van der Waals surface area contributed by atoms with Crippen molar-refractivity contribution in [2.24, 2.45) is 16.6 Å². The van der Waals surface area contributed by atoms with Crippen LogP contribution in [0.15, 0.2) is 35.3 Å². The number of unbranched alkanes of at least 4 members (excludes halogenated alkanes) is 1. The van der Waals surface area contributed by atoms with Crippen LogP contribution in [0.2, 0.25) is 0 Å². The molecule has 1 saturated heterocycles. The second kappa shape index (κ2) is 8.24. The number of nitrogens with one attached hydrogen (secondary N) is 1. The summed E-state index contributed by atoms with van der Waals surface area (Å²) in [6, 6.07) is 10.3. The van der Waals surface area contributed by atoms with Crippen molar-refractivity contribution in [3.8, 4) is 11.5 Å². The van der Waals surface area contributed by atoms with Gasteiger partial charge in [0.2, 0.25) is 0 Å². The maximum absolute atomic E-state index is 13.0. The highest BCUT2D eigenvalue weighted by Crippen LogP contribution is 2.69. The third-order valence-electron chi connectivity index (χ3n) is 10.5. The number of hydrogen-bond acceptors (Lipinski definition) is 5. The first-order valence-electron chi connectivity index (χ1n) is 14.8. The number of benzene rings is 2. The first-order valence-corrected chi connectivity index (χ1v) is 14.8. The van der Waals surface area contributed by atoms with Gasteiger partial charge in [-0.3, -0.25) is 9.89 Å². The van der Waals surface area contributed by atoms with Gasteiger partial charge in [-0.15, -0.1) is 0 Å². The van der Waals surface area contributed by atoms with E-state index in [2.05, 4.69) is 46.1 Å². The van der Waals surface area contributed by atoms with E-state index in [-0.39, 0.29) is 17.9 Å². The molecule has 3 aromatic rings. The minimum atomic E-state index is -0.974. The Bertz CT molecular complexity index is 1520. The van der Waals surface area contributed by atoms with Crippen LogP contribution in [0.3, 0.4) is 0 Å². The van der Waals surface area contributed by atoms with Crippen molar-refractivity contribution in [3.05, 3.63) is 58.3 Å². The van der Waals surface area contributed by atoms with Crippen molar-refractivity contribution in [2.75, 3.05) is 13.1 Å². The molecule has 7 nitrogen and oxygen atoms in total. The van der Waals surface area contributed by atoms with Crippen LogP contribution >= 0.6 is 0 Å². The van der Waals surface area contributed by atoms with E-state index in [4.69, 9.17) is 10.5 Å². The number of phenolic OH excluding ortho intramolecular Hbond substituents is 1. The number of aromatic nitrogens is 1. The van der Waals surface area contributed by atoms with Gasteiger partial charge in [0, 0.05) is 41.9 Å². The molecule has 3 aliphatic carbocycles. The molecule has 0 unspecified atom stereocenters. The largest absolute Gasteiger partial charge is 0.504 e.